The number of amides is 1. The zero-order chi connectivity index (χ0) is 17.0. The Morgan fingerprint density at radius 1 is 1.30 bits per heavy atom. The van der Waals surface area contributed by atoms with Crippen molar-refractivity contribution in [2.75, 3.05) is 18.7 Å². The zero-order valence-electron chi connectivity index (χ0n) is 12.3. The molecule has 2 aromatic rings. The van der Waals surface area contributed by atoms with Crippen LogP contribution in [0.4, 0.5) is 11.4 Å². The summed E-state index contributed by atoms with van der Waals surface area (Å²) in [5.41, 5.74) is 0.165. The Labute approximate surface area is 141 Å². The number of rotatable bonds is 5. The van der Waals surface area contributed by atoms with Gasteiger partial charge >= 0.3 is 0 Å². The van der Waals surface area contributed by atoms with Crippen molar-refractivity contribution in [2.45, 2.75) is 4.90 Å². The number of nitro benzene ring substituents is 1. The highest BCUT2D eigenvalue weighted by molar-refractivity contribution is 7.98. The summed E-state index contributed by atoms with van der Waals surface area (Å²) < 4.78 is 5.03. The minimum Gasteiger partial charge on any atom is -0.495 e. The number of nitrogens with zero attached hydrogens (tertiary/aromatic N) is 1. The monoisotopic (exact) mass is 352 g/mol. The van der Waals surface area contributed by atoms with E-state index in [1.54, 1.807) is 18.2 Å². The summed E-state index contributed by atoms with van der Waals surface area (Å²) in [6, 6.07) is 9.13. The van der Waals surface area contributed by atoms with Gasteiger partial charge in [0.2, 0.25) is 0 Å². The molecule has 0 aliphatic rings. The molecule has 0 aliphatic carbocycles. The molecular formula is C15H13ClN2O4S. The van der Waals surface area contributed by atoms with Crippen molar-refractivity contribution in [3.8, 4) is 5.75 Å². The van der Waals surface area contributed by atoms with Gasteiger partial charge in [0, 0.05) is 16.6 Å². The highest BCUT2D eigenvalue weighted by atomic mass is 35.5. The Kier molecular flexibility index (Phi) is 5.46. The number of nitro groups is 1. The molecule has 6 nitrogen and oxygen atoms in total. The van der Waals surface area contributed by atoms with Crippen LogP contribution < -0.4 is 10.1 Å². The molecule has 0 aliphatic heterocycles. The van der Waals surface area contributed by atoms with Gasteiger partial charge in [0.25, 0.3) is 11.6 Å². The second-order valence-corrected chi connectivity index (χ2v) is 5.73. The summed E-state index contributed by atoms with van der Waals surface area (Å²) in [6.07, 6.45) is 1.83. The third-order valence-corrected chi connectivity index (χ3v) is 4.08. The largest absolute Gasteiger partial charge is 0.495 e. The predicted octanol–water partition coefficient (Wildman–Crippen LogP) is 4.23. The minimum absolute atomic E-state index is 0.00575. The summed E-state index contributed by atoms with van der Waals surface area (Å²) in [5.74, 6) is -0.103. The lowest BCUT2D eigenvalue weighted by molar-refractivity contribution is -0.385. The molecule has 1 N–H and O–H groups in total. The van der Waals surface area contributed by atoms with E-state index in [0.717, 1.165) is 4.90 Å². The number of benzene rings is 2. The third kappa shape index (κ3) is 3.94. The first-order valence-electron chi connectivity index (χ1n) is 6.43. The highest BCUT2D eigenvalue weighted by Gasteiger charge is 2.21. The minimum atomic E-state index is -0.583. The Bertz CT molecular complexity index is 767. The molecule has 0 atom stereocenters. The first-order valence-corrected chi connectivity index (χ1v) is 8.04. The van der Waals surface area contributed by atoms with E-state index in [4.69, 9.17) is 16.3 Å². The van der Waals surface area contributed by atoms with Crippen molar-refractivity contribution in [1.29, 1.82) is 0 Å². The van der Waals surface area contributed by atoms with E-state index >= 15 is 0 Å². The molecule has 0 saturated heterocycles. The van der Waals surface area contributed by atoms with Crippen molar-refractivity contribution in [1.82, 2.24) is 0 Å². The van der Waals surface area contributed by atoms with Gasteiger partial charge in [-0.3, -0.25) is 14.9 Å². The van der Waals surface area contributed by atoms with Gasteiger partial charge in [0.15, 0.2) is 0 Å². The summed E-state index contributed by atoms with van der Waals surface area (Å²) >= 11 is 7.39. The van der Waals surface area contributed by atoms with Crippen LogP contribution in [0.25, 0.3) is 0 Å². The van der Waals surface area contributed by atoms with Crippen LogP contribution in [0.15, 0.2) is 41.3 Å². The van der Waals surface area contributed by atoms with E-state index in [-0.39, 0.29) is 11.3 Å². The van der Waals surface area contributed by atoms with Crippen LogP contribution in [0.2, 0.25) is 5.02 Å². The second kappa shape index (κ2) is 7.34. The van der Waals surface area contributed by atoms with Crippen molar-refractivity contribution in [2.24, 2.45) is 0 Å². The predicted molar refractivity (Wildman–Crippen MR) is 90.8 cm³/mol. The third-order valence-electron chi connectivity index (χ3n) is 3.05. The van der Waals surface area contributed by atoms with E-state index in [9.17, 15) is 14.9 Å². The summed E-state index contributed by atoms with van der Waals surface area (Å²) in [6.45, 7) is 0. The lowest BCUT2D eigenvalue weighted by atomic mass is 10.1. The zero-order valence-corrected chi connectivity index (χ0v) is 13.9. The van der Waals surface area contributed by atoms with Gasteiger partial charge in [-0.05, 0) is 36.6 Å². The molecule has 8 heteroatoms. The molecule has 23 heavy (non-hydrogen) atoms. The van der Waals surface area contributed by atoms with E-state index in [2.05, 4.69) is 5.32 Å². The number of nitrogens with one attached hydrogen (secondary N) is 1. The number of thioether (sulfide) groups is 1. The van der Waals surface area contributed by atoms with E-state index in [1.165, 1.54) is 37.1 Å². The molecule has 0 heterocycles. The Balaban J connectivity index is 2.33. The molecule has 0 unspecified atom stereocenters. The van der Waals surface area contributed by atoms with Gasteiger partial charge in [-0.1, -0.05) is 11.6 Å². The molecular weight excluding hydrogens is 340 g/mol. The first kappa shape index (κ1) is 17.1. The van der Waals surface area contributed by atoms with Gasteiger partial charge < -0.3 is 10.1 Å². The number of halogens is 1. The van der Waals surface area contributed by atoms with Crippen LogP contribution in [-0.2, 0) is 0 Å². The van der Waals surface area contributed by atoms with Gasteiger partial charge in [0.1, 0.15) is 11.3 Å². The SMILES string of the molecule is COc1ccc(NC(=O)c2cc(SC)ccc2[N+](=O)[O-])cc1Cl. The number of methoxy groups -OCH3 is 1. The van der Waals surface area contributed by atoms with Gasteiger partial charge in [0.05, 0.1) is 17.1 Å². The molecule has 0 fully saturated rings. The number of carbonyl (C=O) groups is 1. The number of ether oxygens (including phenoxy) is 1. The Morgan fingerprint density at radius 3 is 2.61 bits per heavy atom. The number of hydrogen-bond acceptors (Lipinski definition) is 5. The van der Waals surface area contributed by atoms with Crippen molar-refractivity contribution in [3.05, 3.63) is 57.1 Å². The van der Waals surface area contributed by atoms with Crippen molar-refractivity contribution >= 4 is 40.6 Å². The standard InChI is InChI=1S/C15H13ClN2O4S/c1-22-14-6-3-9(7-12(14)16)17-15(19)11-8-10(23-2)4-5-13(11)18(20)21/h3-8H,1-2H3,(H,17,19). The van der Waals surface area contributed by atoms with Crippen LogP contribution in [-0.4, -0.2) is 24.2 Å². The average Bonchev–Trinajstić information content (AvgIpc) is 2.54. The quantitative estimate of drug-likeness (QED) is 0.494. The second-order valence-electron chi connectivity index (χ2n) is 4.44. The lowest BCUT2D eigenvalue weighted by Crippen LogP contribution is -2.14. The maximum Gasteiger partial charge on any atom is 0.282 e. The molecule has 1 amide bonds. The molecule has 0 radical (unpaired) electrons. The maximum absolute atomic E-state index is 12.4. The summed E-state index contributed by atoms with van der Waals surface area (Å²) in [5, 5.41) is 14.0. The number of anilines is 1. The number of hydrogen-bond donors (Lipinski definition) is 1. The lowest BCUT2D eigenvalue weighted by Gasteiger charge is -2.09. The van der Waals surface area contributed by atoms with Crippen LogP contribution in [0.1, 0.15) is 10.4 Å². The Morgan fingerprint density at radius 2 is 2.04 bits per heavy atom. The molecule has 0 saturated carbocycles. The van der Waals surface area contributed by atoms with E-state index < -0.39 is 10.8 Å². The fourth-order valence-electron chi connectivity index (χ4n) is 1.93. The van der Waals surface area contributed by atoms with Crippen molar-refractivity contribution in [3.63, 3.8) is 0 Å². The molecule has 0 bridgehead atoms. The van der Waals surface area contributed by atoms with Crippen LogP contribution in [0, 0.1) is 10.1 Å². The molecule has 120 valence electrons. The average molecular weight is 353 g/mol. The van der Waals surface area contributed by atoms with Crippen LogP contribution in [0.5, 0.6) is 5.75 Å². The fourth-order valence-corrected chi connectivity index (χ4v) is 2.62. The van der Waals surface area contributed by atoms with Crippen molar-refractivity contribution < 1.29 is 14.5 Å². The molecule has 0 spiro atoms. The fraction of sp³-hybridized carbons (Fsp3) is 0.133. The van der Waals surface area contributed by atoms with E-state index in [0.29, 0.717) is 16.5 Å². The summed E-state index contributed by atoms with van der Waals surface area (Å²) in [7, 11) is 1.48. The van der Waals surface area contributed by atoms with Crippen LogP contribution >= 0.6 is 23.4 Å². The molecule has 0 aromatic heterocycles. The maximum atomic E-state index is 12.4. The normalized spacial score (nSPS) is 10.2. The van der Waals surface area contributed by atoms with Crippen LogP contribution in [0.3, 0.4) is 0 Å². The molecule has 2 rings (SSSR count). The van der Waals surface area contributed by atoms with Gasteiger partial charge in [-0.15, -0.1) is 11.8 Å². The Hall–Kier alpha value is -2.25. The number of carbonyl (C=O) groups excluding carboxylic acids is 1. The molecule has 2 aromatic carbocycles. The topological polar surface area (TPSA) is 81.5 Å². The highest BCUT2D eigenvalue weighted by Crippen LogP contribution is 2.29. The smallest absolute Gasteiger partial charge is 0.282 e. The summed E-state index contributed by atoms with van der Waals surface area (Å²) in [4.78, 5) is 23.6. The van der Waals surface area contributed by atoms with Gasteiger partial charge in [-0.25, -0.2) is 0 Å². The van der Waals surface area contributed by atoms with Gasteiger partial charge in [-0.2, -0.15) is 0 Å². The van der Waals surface area contributed by atoms with E-state index in [1.807, 2.05) is 6.26 Å². The first-order chi connectivity index (χ1) is 11.0.